The van der Waals surface area contributed by atoms with Crippen LogP contribution in [0.25, 0.3) is 78.0 Å². The van der Waals surface area contributed by atoms with Crippen LogP contribution in [-0.4, -0.2) is 15.0 Å². The number of nitrogens with zero attached hydrogens (tertiary/aromatic N) is 3. The minimum atomic E-state index is -2.77. The van der Waals surface area contributed by atoms with Crippen molar-refractivity contribution >= 4 is 21.9 Å². The van der Waals surface area contributed by atoms with Gasteiger partial charge in [-0.15, -0.1) is 0 Å². The van der Waals surface area contributed by atoms with Gasteiger partial charge in [0.15, 0.2) is 0 Å². The number of aryl methyl sites for hydroxylation is 3. The SMILES string of the molecule is [2H]C([2H])([2H])c1ccccc1-c1cc(-c2ccc3oc4ccc(-c5ccccc5)cc4c3c2)ncc1C([2H])([2H])C([2H])([2H])c1cc(CC(C)(C)c2ccc(-c3ccccc3)nc2)cc(CC(C)(C)c2ccc(-c3ccccc3)nc2)c1. The highest BCUT2D eigenvalue weighted by molar-refractivity contribution is 6.07. The van der Waals surface area contributed by atoms with Crippen LogP contribution in [0.15, 0.2) is 223 Å². The first-order valence-corrected chi connectivity index (χ1v) is 24.6. The Hall–Kier alpha value is -8.21. The Kier molecular flexibility index (Phi) is 10.5. The van der Waals surface area contributed by atoms with E-state index in [0.29, 0.717) is 29.7 Å². The monoisotopic (exact) mass is 941 g/mol. The molecule has 0 fully saturated rings. The van der Waals surface area contributed by atoms with E-state index < -0.39 is 30.4 Å². The molecule has 11 rings (SSSR count). The summed E-state index contributed by atoms with van der Waals surface area (Å²) < 4.78 is 72.6. The second-order valence-electron chi connectivity index (χ2n) is 20.1. The number of furan rings is 1. The number of hydrogen-bond donors (Lipinski definition) is 0. The highest BCUT2D eigenvalue weighted by Crippen LogP contribution is 2.38. The normalized spacial score (nSPS) is 13.9. The second-order valence-corrected chi connectivity index (χ2v) is 20.1. The van der Waals surface area contributed by atoms with Crippen molar-refractivity contribution in [2.75, 3.05) is 0 Å². The van der Waals surface area contributed by atoms with E-state index in [-0.39, 0.29) is 27.8 Å². The summed E-state index contributed by atoms with van der Waals surface area (Å²) in [6.45, 7) is 6.01. The lowest BCUT2D eigenvalue weighted by Crippen LogP contribution is -2.23. The molecule has 0 bridgehead atoms. The molecule has 4 heterocycles. The molecule has 72 heavy (non-hydrogen) atoms. The van der Waals surface area contributed by atoms with Crippen LogP contribution < -0.4 is 0 Å². The quantitative estimate of drug-likeness (QED) is 0.109. The zero-order chi connectivity index (χ0) is 55.3. The molecule has 7 aromatic carbocycles. The van der Waals surface area contributed by atoms with Crippen molar-refractivity contribution in [1.29, 1.82) is 0 Å². The van der Waals surface area contributed by atoms with E-state index in [1.807, 2.05) is 134 Å². The van der Waals surface area contributed by atoms with E-state index in [0.717, 1.165) is 72.3 Å². The Morgan fingerprint density at radius 1 is 0.417 bits per heavy atom. The molecule has 0 aliphatic carbocycles. The molecule has 0 aliphatic heterocycles. The fraction of sp³-hybridized carbons (Fsp3) is 0.162. The molecule has 4 nitrogen and oxygen atoms in total. The van der Waals surface area contributed by atoms with Gasteiger partial charge in [0.1, 0.15) is 11.2 Å². The number of fused-ring (bicyclic) bond motifs is 3. The molecule has 352 valence electrons. The predicted molar refractivity (Wildman–Crippen MR) is 299 cm³/mol. The van der Waals surface area contributed by atoms with Gasteiger partial charge in [-0.05, 0) is 153 Å². The Morgan fingerprint density at radius 3 is 1.47 bits per heavy atom. The van der Waals surface area contributed by atoms with E-state index in [1.54, 1.807) is 36.4 Å². The highest BCUT2D eigenvalue weighted by atomic mass is 16.3. The molecule has 0 radical (unpaired) electrons. The molecule has 0 saturated heterocycles. The van der Waals surface area contributed by atoms with E-state index in [4.69, 9.17) is 23.5 Å². The topological polar surface area (TPSA) is 51.8 Å². The van der Waals surface area contributed by atoms with Gasteiger partial charge in [-0.1, -0.05) is 179 Å². The van der Waals surface area contributed by atoms with Crippen molar-refractivity contribution in [3.63, 3.8) is 0 Å². The van der Waals surface area contributed by atoms with Crippen LogP contribution in [-0.2, 0) is 36.4 Å². The number of rotatable bonds is 14. The summed E-state index contributed by atoms with van der Waals surface area (Å²) in [7, 11) is 0. The van der Waals surface area contributed by atoms with Gasteiger partial charge in [0.05, 0.1) is 17.1 Å². The summed E-state index contributed by atoms with van der Waals surface area (Å²) in [6, 6.07) is 64.3. The average Bonchev–Trinajstić information content (AvgIpc) is 3.99. The van der Waals surface area contributed by atoms with Gasteiger partial charge in [0.2, 0.25) is 0 Å². The first-order valence-electron chi connectivity index (χ1n) is 28.1. The number of benzene rings is 7. The minimum Gasteiger partial charge on any atom is -0.456 e. The maximum Gasteiger partial charge on any atom is 0.135 e. The smallest absolute Gasteiger partial charge is 0.135 e. The van der Waals surface area contributed by atoms with Crippen molar-refractivity contribution in [3.8, 4) is 56.0 Å². The van der Waals surface area contributed by atoms with Crippen molar-refractivity contribution in [1.82, 2.24) is 15.0 Å². The lowest BCUT2D eigenvalue weighted by Gasteiger charge is -2.28. The molecule has 0 unspecified atom stereocenters. The van der Waals surface area contributed by atoms with Gasteiger partial charge in [-0.2, -0.15) is 0 Å². The van der Waals surface area contributed by atoms with Crippen LogP contribution in [0.1, 0.15) is 76.2 Å². The summed E-state index contributed by atoms with van der Waals surface area (Å²) in [4.78, 5) is 14.6. The third-order valence-corrected chi connectivity index (χ3v) is 13.9. The predicted octanol–water partition coefficient (Wildman–Crippen LogP) is 17.2. The Balaban J connectivity index is 1.01. The molecule has 0 spiro atoms. The van der Waals surface area contributed by atoms with Crippen LogP contribution >= 0.6 is 0 Å². The standard InChI is InChI=1S/C68H59N3O/c1-46-17-15-16-24-58(46)59-40-64(54-28-34-66-61(39-54)60-38-53(27-33-65(60)72-66)50-18-9-6-10-19-50)69-43-55(59)26-25-47-35-48(41-67(2,3)56-29-31-62(70-44-56)51-20-11-7-12-21-51)37-49(36-47)42-68(4,5)57-30-32-63(71-45-57)52-22-13-8-14-23-52/h6-24,27-40,43-45H,25-26,41-42H2,1-5H3/i1D3,25D2,26D2. The summed E-state index contributed by atoms with van der Waals surface area (Å²) in [6.07, 6.45) is 0.721. The Labute approximate surface area is 434 Å². The van der Waals surface area contributed by atoms with Crippen molar-refractivity contribution in [2.45, 2.75) is 71.0 Å². The molecule has 0 atom stereocenters. The van der Waals surface area contributed by atoms with Gasteiger partial charge in [-0.25, -0.2) is 0 Å². The zero-order valence-electron chi connectivity index (χ0n) is 47.9. The number of pyridine rings is 3. The average molecular weight is 941 g/mol. The molecule has 0 amide bonds. The largest absolute Gasteiger partial charge is 0.456 e. The Bertz CT molecular complexity index is 3870. The van der Waals surface area contributed by atoms with E-state index in [9.17, 15) is 5.48 Å². The molecule has 4 heteroatoms. The first-order chi connectivity index (χ1) is 37.7. The maximum absolute atomic E-state index is 10.1. The third kappa shape index (κ3) is 9.78. The molecular formula is C68H59N3O. The first kappa shape index (κ1) is 38.5. The molecule has 0 N–H and O–H groups in total. The summed E-state index contributed by atoms with van der Waals surface area (Å²) >= 11 is 0. The second kappa shape index (κ2) is 19.5. The summed E-state index contributed by atoms with van der Waals surface area (Å²) in [5.74, 6) is 0. The molecular weight excluding hydrogens is 875 g/mol. The fourth-order valence-electron chi connectivity index (χ4n) is 9.95. The van der Waals surface area contributed by atoms with Gasteiger partial charge in [0, 0.05) is 55.6 Å². The van der Waals surface area contributed by atoms with E-state index >= 15 is 0 Å². The lowest BCUT2D eigenvalue weighted by atomic mass is 9.77. The van der Waals surface area contributed by atoms with Gasteiger partial charge < -0.3 is 4.42 Å². The van der Waals surface area contributed by atoms with Crippen LogP contribution in [0.2, 0.25) is 0 Å². The zero-order valence-corrected chi connectivity index (χ0v) is 40.9. The molecule has 0 saturated carbocycles. The number of hydrogen-bond acceptors (Lipinski definition) is 4. The molecule has 11 aromatic rings. The molecule has 4 aromatic heterocycles. The van der Waals surface area contributed by atoms with Crippen LogP contribution in [0.3, 0.4) is 0 Å². The van der Waals surface area contributed by atoms with E-state index in [1.165, 1.54) is 12.3 Å². The molecule has 0 aliphatic rings. The van der Waals surface area contributed by atoms with Crippen LogP contribution in [0, 0.1) is 6.85 Å². The summed E-state index contributed by atoms with van der Waals surface area (Å²) in [5.41, 5.74) is 11.7. The van der Waals surface area contributed by atoms with Gasteiger partial charge in [-0.3, -0.25) is 15.0 Å². The maximum atomic E-state index is 10.1. The van der Waals surface area contributed by atoms with Crippen LogP contribution in [0.5, 0.6) is 0 Å². The lowest BCUT2D eigenvalue weighted by molar-refractivity contribution is 0.512. The number of aromatic nitrogens is 3. The Morgan fingerprint density at radius 2 is 0.917 bits per heavy atom. The van der Waals surface area contributed by atoms with Crippen molar-refractivity contribution in [3.05, 3.63) is 258 Å². The van der Waals surface area contributed by atoms with Crippen LogP contribution in [0.4, 0.5) is 0 Å². The third-order valence-electron chi connectivity index (χ3n) is 13.9. The van der Waals surface area contributed by atoms with Gasteiger partial charge in [0.25, 0.3) is 0 Å². The minimum absolute atomic E-state index is 0.0146. The van der Waals surface area contributed by atoms with Crippen molar-refractivity contribution in [2.24, 2.45) is 0 Å². The van der Waals surface area contributed by atoms with E-state index in [2.05, 4.69) is 64.1 Å². The summed E-state index contributed by atoms with van der Waals surface area (Å²) in [5, 5.41) is 1.77. The van der Waals surface area contributed by atoms with Gasteiger partial charge >= 0.3 is 0 Å². The highest BCUT2D eigenvalue weighted by Gasteiger charge is 2.26. The van der Waals surface area contributed by atoms with Crippen molar-refractivity contribution < 1.29 is 14.0 Å². The fourth-order valence-corrected chi connectivity index (χ4v) is 9.95.